The van der Waals surface area contributed by atoms with Gasteiger partial charge in [0.2, 0.25) is 0 Å². The molecule has 2 aliphatic rings. The first-order chi connectivity index (χ1) is 11.8. The number of hydrogen-bond acceptors (Lipinski definition) is 8. The van der Waals surface area contributed by atoms with Crippen molar-refractivity contribution in [3.05, 3.63) is 42.5 Å². The molecule has 0 spiro atoms. The minimum Gasteiger partial charge on any atom is -0.497 e. The summed E-state index contributed by atoms with van der Waals surface area (Å²) in [5.74, 6) is -1.21. The molecule has 0 radical (unpaired) electrons. The van der Waals surface area contributed by atoms with E-state index in [2.05, 4.69) is 5.32 Å². The number of nitrogens with one attached hydrogen (secondary N) is 1. The Labute approximate surface area is 142 Å². The number of benzene rings is 1. The summed E-state index contributed by atoms with van der Waals surface area (Å²) in [4.78, 5) is 27.8. The number of nitro benzene ring substituents is 3. The van der Waals surface area contributed by atoms with Crippen LogP contribution in [0.4, 0.5) is 17.1 Å². The molecule has 2 fully saturated rings. The molecule has 3 rings (SSSR count). The number of phenols is 1. The molecule has 0 aromatic heterocycles. The third-order valence-corrected chi connectivity index (χ3v) is 4.34. The molecule has 0 atom stereocenters. The van der Waals surface area contributed by atoms with Crippen molar-refractivity contribution in [2.45, 2.75) is 50.6 Å². The number of rotatable bonds is 3. The summed E-state index contributed by atoms with van der Waals surface area (Å²) in [5, 5.41) is 43.9. The van der Waals surface area contributed by atoms with Gasteiger partial charge in [0.15, 0.2) is 0 Å². The van der Waals surface area contributed by atoms with Crippen molar-refractivity contribution in [3.8, 4) is 5.75 Å². The molecule has 0 amide bonds. The molecule has 2 aliphatic heterocycles. The third kappa shape index (κ3) is 4.59. The first kappa shape index (κ1) is 18.5. The number of nitrogens with zero attached hydrogens (tertiary/aromatic N) is 3. The average molecular weight is 354 g/mol. The van der Waals surface area contributed by atoms with Gasteiger partial charge >= 0.3 is 11.4 Å². The zero-order valence-corrected chi connectivity index (χ0v) is 13.3. The average Bonchev–Trinajstić information content (AvgIpc) is 2.55. The van der Waals surface area contributed by atoms with Crippen LogP contribution in [0.1, 0.15) is 38.5 Å². The number of phenolic OH excluding ortho intramolecular Hbond substituents is 1. The van der Waals surface area contributed by atoms with E-state index in [1.54, 1.807) is 0 Å². The standard InChI is InChI=1S/C8H15N.C6H3N3O7/c1-3-7-5-2-6-8(4-1)9-7;10-6-4(8(13)14)1-3(7(11)12)2-5(6)9(15)16/h7-9H,1-6H2;1-2,10H. The van der Waals surface area contributed by atoms with Crippen LogP contribution in [0.3, 0.4) is 0 Å². The Morgan fingerprint density at radius 2 is 1.24 bits per heavy atom. The van der Waals surface area contributed by atoms with E-state index in [4.69, 9.17) is 5.11 Å². The van der Waals surface area contributed by atoms with E-state index in [1.807, 2.05) is 0 Å². The molecule has 1 aromatic rings. The minimum atomic E-state index is -1.21. The zero-order valence-electron chi connectivity index (χ0n) is 13.3. The van der Waals surface area contributed by atoms with E-state index in [0.717, 1.165) is 12.1 Å². The van der Waals surface area contributed by atoms with Crippen LogP contribution in [-0.2, 0) is 0 Å². The fraction of sp³-hybridized carbons (Fsp3) is 0.571. The monoisotopic (exact) mass is 354 g/mol. The van der Waals surface area contributed by atoms with Crippen molar-refractivity contribution < 1.29 is 19.9 Å². The number of piperidine rings is 2. The smallest absolute Gasteiger partial charge is 0.324 e. The van der Waals surface area contributed by atoms with E-state index < -0.39 is 37.6 Å². The van der Waals surface area contributed by atoms with E-state index in [0.29, 0.717) is 12.1 Å². The molecule has 25 heavy (non-hydrogen) atoms. The summed E-state index contributed by atoms with van der Waals surface area (Å²) >= 11 is 0. The van der Waals surface area contributed by atoms with Gasteiger partial charge in [0.05, 0.1) is 26.9 Å². The van der Waals surface area contributed by atoms with Gasteiger partial charge in [0.1, 0.15) is 0 Å². The van der Waals surface area contributed by atoms with Crippen molar-refractivity contribution in [3.63, 3.8) is 0 Å². The highest BCUT2D eigenvalue weighted by Gasteiger charge is 2.30. The molecule has 2 heterocycles. The van der Waals surface area contributed by atoms with Crippen LogP contribution in [0, 0.1) is 30.3 Å². The first-order valence-corrected chi connectivity index (χ1v) is 7.85. The minimum absolute atomic E-state index is 0.447. The van der Waals surface area contributed by atoms with Crippen LogP contribution in [0.25, 0.3) is 0 Å². The number of aromatic hydroxyl groups is 1. The second kappa shape index (κ2) is 7.83. The highest BCUT2D eigenvalue weighted by atomic mass is 16.6. The van der Waals surface area contributed by atoms with E-state index in [9.17, 15) is 30.3 Å². The van der Waals surface area contributed by atoms with Gasteiger partial charge in [0.25, 0.3) is 11.4 Å². The molecule has 0 unspecified atom stereocenters. The van der Waals surface area contributed by atoms with Crippen LogP contribution < -0.4 is 5.32 Å². The van der Waals surface area contributed by atoms with E-state index in [1.165, 1.54) is 38.5 Å². The third-order valence-electron chi connectivity index (χ3n) is 4.34. The van der Waals surface area contributed by atoms with Crippen molar-refractivity contribution >= 4 is 17.1 Å². The number of hydrogen-bond donors (Lipinski definition) is 2. The lowest BCUT2D eigenvalue weighted by Gasteiger charge is -2.35. The van der Waals surface area contributed by atoms with Crippen LogP contribution in [-0.4, -0.2) is 32.0 Å². The van der Waals surface area contributed by atoms with Gasteiger partial charge in [-0.1, -0.05) is 12.8 Å². The SMILES string of the molecule is C1CC2CCCC(C1)N2.O=[N+]([O-])c1cc([N+](=O)[O-])c(O)c([N+](=O)[O-])c1. The Morgan fingerprint density at radius 3 is 1.52 bits per heavy atom. The first-order valence-electron chi connectivity index (χ1n) is 7.85. The Kier molecular flexibility index (Phi) is 5.80. The Balaban J connectivity index is 0.000000208. The lowest BCUT2D eigenvalue weighted by atomic mass is 9.87. The van der Waals surface area contributed by atoms with Crippen molar-refractivity contribution in [1.82, 2.24) is 5.32 Å². The molecule has 1 aromatic carbocycles. The van der Waals surface area contributed by atoms with Gasteiger partial charge in [0, 0.05) is 12.1 Å². The molecular formula is C14H18N4O7. The summed E-state index contributed by atoms with van der Waals surface area (Å²) in [6.45, 7) is 0. The predicted molar refractivity (Wildman–Crippen MR) is 86.5 cm³/mol. The predicted octanol–water partition coefficient (Wildman–Crippen LogP) is 2.80. The molecule has 136 valence electrons. The van der Waals surface area contributed by atoms with Crippen LogP contribution in [0.5, 0.6) is 5.75 Å². The molecule has 2 saturated heterocycles. The summed E-state index contributed by atoms with van der Waals surface area (Å²) in [6.07, 6.45) is 8.71. The summed E-state index contributed by atoms with van der Waals surface area (Å²) in [6, 6.07) is 2.69. The number of non-ortho nitro benzene ring substituents is 1. The van der Waals surface area contributed by atoms with E-state index in [-0.39, 0.29) is 0 Å². The topological polar surface area (TPSA) is 162 Å². The maximum absolute atomic E-state index is 10.4. The van der Waals surface area contributed by atoms with Crippen molar-refractivity contribution in [2.24, 2.45) is 0 Å². The largest absolute Gasteiger partial charge is 0.497 e. The summed E-state index contributed by atoms with van der Waals surface area (Å²) < 4.78 is 0. The summed E-state index contributed by atoms with van der Waals surface area (Å²) in [7, 11) is 0. The quantitative estimate of drug-likeness (QED) is 0.618. The zero-order chi connectivity index (χ0) is 18.6. The molecule has 2 N–H and O–H groups in total. The lowest BCUT2D eigenvalue weighted by molar-refractivity contribution is -0.404. The number of nitro groups is 3. The normalized spacial score (nSPS) is 21.6. The fourth-order valence-electron chi connectivity index (χ4n) is 3.15. The van der Waals surface area contributed by atoms with E-state index >= 15 is 0 Å². The van der Waals surface area contributed by atoms with Crippen LogP contribution in [0.15, 0.2) is 12.1 Å². The van der Waals surface area contributed by atoms with Crippen LogP contribution >= 0.6 is 0 Å². The Morgan fingerprint density at radius 1 is 0.840 bits per heavy atom. The Bertz CT molecular complexity index is 639. The van der Waals surface area contributed by atoms with Crippen LogP contribution in [0.2, 0.25) is 0 Å². The van der Waals surface area contributed by atoms with Crippen molar-refractivity contribution in [1.29, 1.82) is 0 Å². The second-order valence-corrected chi connectivity index (χ2v) is 6.03. The maximum Gasteiger partial charge on any atom is 0.324 e. The van der Waals surface area contributed by atoms with Crippen molar-refractivity contribution in [2.75, 3.05) is 0 Å². The maximum atomic E-state index is 10.4. The Hall–Kier alpha value is -2.82. The molecule has 11 heteroatoms. The molecule has 11 nitrogen and oxygen atoms in total. The van der Waals surface area contributed by atoms with Gasteiger partial charge in [-0.25, -0.2) is 0 Å². The molecular weight excluding hydrogens is 336 g/mol. The van der Waals surface area contributed by atoms with Gasteiger partial charge in [-0.3, -0.25) is 30.3 Å². The molecule has 2 bridgehead atoms. The lowest BCUT2D eigenvalue weighted by Crippen LogP contribution is -2.45. The highest BCUT2D eigenvalue weighted by molar-refractivity contribution is 5.64. The van der Waals surface area contributed by atoms with Gasteiger partial charge in [-0.2, -0.15) is 0 Å². The highest BCUT2D eigenvalue weighted by Crippen LogP contribution is 2.38. The summed E-state index contributed by atoms with van der Waals surface area (Å²) in [5.41, 5.74) is -3.00. The second-order valence-electron chi connectivity index (χ2n) is 6.03. The van der Waals surface area contributed by atoms with Gasteiger partial charge < -0.3 is 10.4 Å². The fourth-order valence-corrected chi connectivity index (χ4v) is 3.15. The van der Waals surface area contributed by atoms with Gasteiger partial charge in [-0.05, 0) is 25.7 Å². The molecule has 0 saturated carbocycles. The molecule has 0 aliphatic carbocycles. The number of fused-ring (bicyclic) bond motifs is 2. The van der Waals surface area contributed by atoms with Gasteiger partial charge in [-0.15, -0.1) is 0 Å².